The summed E-state index contributed by atoms with van der Waals surface area (Å²) in [6.45, 7) is 0.607. The Balaban J connectivity index is 2.49. The molecule has 3 nitrogen and oxygen atoms in total. The molecule has 1 aliphatic carbocycles. The van der Waals surface area contributed by atoms with Crippen molar-refractivity contribution in [2.45, 2.75) is 6.42 Å². The van der Waals surface area contributed by atoms with Gasteiger partial charge in [0.15, 0.2) is 5.78 Å². The summed E-state index contributed by atoms with van der Waals surface area (Å²) in [7, 11) is 0. The molecule has 2 aliphatic rings. The van der Waals surface area contributed by atoms with Crippen molar-refractivity contribution in [2.24, 2.45) is 4.99 Å². The lowest BCUT2D eigenvalue weighted by Crippen LogP contribution is -2.23. The second-order valence-corrected chi connectivity index (χ2v) is 4.21. The highest BCUT2D eigenvalue weighted by molar-refractivity contribution is 9.11. The quantitative estimate of drug-likeness (QED) is 0.741. The summed E-state index contributed by atoms with van der Waals surface area (Å²) < 4.78 is 0.842. The van der Waals surface area contributed by atoms with Gasteiger partial charge in [-0.2, -0.15) is 0 Å². The monoisotopic (exact) mass is 276 g/mol. The number of Topliss-reactive ketones (excluding diaryl/α,β-unsaturated/α-hetero) is 1. The van der Waals surface area contributed by atoms with Gasteiger partial charge in [-0.3, -0.25) is 9.79 Å². The number of rotatable bonds is 1. The molecule has 0 saturated carbocycles. The van der Waals surface area contributed by atoms with Crippen LogP contribution in [0.4, 0.5) is 0 Å². The molecule has 0 atom stereocenters. The van der Waals surface area contributed by atoms with Crippen LogP contribution >= 0.6 is 15.9 Å². The van der Waals surface area contributed by atoms with Crippen LogP contribution < -0.4 is 5.32 Å². The number of fused-ring (bicyclic) bond motifs is 1. The van der Waals surface area contributed by atoms with E-state index < -0.39 is 0 Å². The first kappa shape index (κ1) is 10.9. The second kappa shape index (κ2) is 4.50. The number of hydrogen-bond donors (Lipinski definition) is 1. The van der Waals surface area contributed by atoms with Crippen LogP contribution in [0.5, 0.6) is 0 Å². The van der Waals surface area contributed by atoms with Gasteiger partial charge in [0.2, 0.25) is 0 Å². The van der Waals surface area contributed by atoms with Gasteiger partial charge in [-0.1, -0.05) is 0 Å². The highest BCUT2D eigenvalue weighted by Gasteiger charge is 2.25. The maximum Gasteiger partial charge on any atom is 0.193 e. The number of aliphatic imine (C=N–C) groups is 1. The predicted molar refractivity (Wildman–Crippen MR) is 67.1 cm³/mol. The number of allylic oxidation sites excluding steroid dienone is 4. The Bertz CT molecular complexity index is 504. The molecule has 80 valence electrons. The smallest absolute Gasteiger partial charge is 0.193 e. The Morgan fingerprint density at radius 2 is 2.44 bits per heavy atom. The van der Waals surface area contributed by atoms with Crippen LogP contribution in [0.3, 0.4) is 0 Å². The highest BCUT2D eigenvalue weighted by atomic mass is 79.9. The molecule has 0 spiro atoms. The van der Waals surface area contributed by atoms with Crippen molar-refractivity contribution < 1.29 is 4.79 Å². The van der Waals surface area contributed by atoms with Crippen LogP contribution in [-0.2, 0) is 4.79 Å². The molecule has 0 saturated heterocycles. The van der Waals surface area contributed by atoms with Gasteiger partial charge in [0.1, 0.15) is 0 Å². The van der Waals surface area contributed by atoms with E-state index >= 15 is 0 Å². The summed E-state index contributed by atoms with van der Waals surface area (Å²) >= 11 is 3.43. The van der Waals surface area contributed by atoms with Crippen molar-refractivity contribution in [3.8, 4) is 12.3 Å². The van der Waals surface area contributed by atoms with E-state index in [0.29, 0.717) is 24.1 Å². The Morgan fingerprint density at radius 3 is 3.19 bits per heavy atom. The van der Waals surface area contributed by atoms with Crippen LogP contribution in [0.2, 0.25) is 0 Å². The fourth-order valence-electron chi connectivity index (χ4n) is 1.58. The van der Waals surface area contributed by atoms with E-state index in [2.05, 4.69) is 32.2 Å². The van der Waals surface area contributed by atoms with Gasteiger partial charge >= 0.3 is 0 Å². The van der Waals surface area contributed by atoms with Crippen LogP contribution in [0.15, 0.2) is 38.6 Å². The molecule has 0 aromatic heterocycles. The fraction of sp³-hybridized carbons (Fsp3) is 0.167. The molecule has 0 bridgehead atoms. The molecule has 0 amide bonds. The van der Waals surface area contributed by atoms with E-state index in [1.165, 1.54) is 0 Å². The van der Waals surface area contributed by atoms with Gasteiger partial charge in [0.05, 0.1) is 17.8 Å². The molecule has 4 heteroatoms. The zero-order valence-corrected chi connectivity index (χ0v) is 10.0. The molecule has 0 aromatic rings. The number of nitrogens with one attached hydrogen (secondary N) is 1. The number of halogens is 1. The van der Waals surface area contributed by atoms with E-state index in [1.807, 2.05) is 0 Å². The van der Waals surface area contributed by atoms with E-state index in [-0.39, 0.29) is 5.78 Å². The molecule has 0 aromatic carbocycles. The molecular weight excluding hydrogens is 268 g/mol. The number of carbonyl (C=O) groups is 1. The molecule has 1 heterocycles. The Labute approximate surface area is 102 Å². The summed E-state index contributed by atoms with van der Waals surface area (Å²) in [6.07, 6.45) is 10.6. The van der Waals surface area contributed by atoms with Crippen molar-refractivity contribution in [3.05, 3.63) is 33.6 Å². The second-order valence-electron chi connectivity index (χ2n) is 3.36. The van der Waals surface area contributed by atoms with Gasteiger partial charge in [-0.05, 0) is 22.0 Å². The third kappa shape index (κ3) is 1.86. The number of nitrogens with zero attached hydrogens (tertiary/aromatic N) is 1. The van der Waals surface area contributed by atoms with Gasteiger partial charge < -0.3 is 5.32 Å². The van der Waals surface area contributed by atoms with E-state index in [4.69, 9.17) is 6.42 Å². The zero-order valence-electron chi connectivity index (χ0n) is 8.46. The standard InChI is InChI=1S/C12H9BrN2O/c1-2-3-8-6-10(13)11-9(12(8)16)7-14-4-5-15-11/h1,4,6-7,15H,3,5H2. The van der Waals surface area contributed by atoms with E-state index in [0.717, 1.165) is 10.2 Å². The zero-order chi connectivity index (χ0) is 11.5. The molecule has 1 aliphatic heterocycles. The lowest BCUT2D eigenvalue weighted by atomic mass is 9.94. The lowest BCUT2D eigenvalue weighted by Gasteiger charge is -2.17. The number of ketones is 1. The molecule has 0 fully saturated rings. The molecule has 0 unspecified atom stereocenters. The molecule has 1 N–H and O–H groups in total. The highest BCUT2D eigenvalue weighted by Crippen LogP contribution is 2.29. The normalized spacial score (nSPS) is 19.1. The predicted octanol–water partition coefficient (Wildman–Crippen LogP) is 1.68. The Hall–Kier alpha value is -1.60. The minimum absolute atomic E-state index is 0.0531. The fourth-order valence-corrected chi connectivity index (χ4v) is 2.21. The topological polar surface area (TPSA) is 41.5 Å². The van der Waals surface area contributed by atoms with Crippen LogP contribution in [-0.4, -0.2) is 18.5 Å². The Kier molecular flexibility index (Phi) is 3.07. The van der Waals surface area contributed by atoms with Crippen molar-refractivity contribution >= 4 is 27.9 Å². The summed E-state index contributed by atoms with van der Waals surface area (Å²) in [6, 6.07) is 0. The van der Waals surface area contributed by atoms with Gasteiger partial charge in [-0.15, -0.1) is 12.3 Å². The lowest BCUT2D eigenvalue weighted by molar-refractivity contribution is -0.112. The molecule has 0 radical (unpaired) electrons. The summed E-state index contributed by atoms with van der Waals surface area (Å²) in [4.78, 5) is 16.1. The van der Waals surface area contributed by atoms with Crippen molar-refractivity contribution in [3.63, 3.8) is 0 Å². The molecule has 2 rings (SSSR count). The van der Waals surface area contributed by atoms with Crippen molar-refractivity contribution in [1.29, 1.82) is 0 Å². The van der Waals surface area contributed by atoms with Gasteiger partial charge in [0, 0.05) is 28.9 Å². The van der Waals surface area contributed by atoms with Crippen molar-refractivity contribution in [2.75, 3.05) is 6.54 Å². The average Bonchev–Trinajstić information content (AvgIpc) is 2.51. The van der Waals surface area contributed by atoms with Crippen LogP contribution in [0.1, 0.15) is 6.42 Å². The van der Waals surface area contributed by atoms with Crippen LogP contribution in [0, 0.1) is 12.3 Å². The molecular formula is C12H9BrN2O. The van der Waals surface area contributed by atoms with Gasteiger partial charge in [0.25, 0.3) is 0 Å². The first-order chi connectivity index (χ1) is 7.74. The maximum absolute atomic E-state index is 12.0. The van der Waals surface area contributed by atoms with Crippen LogP contribution in [0.25, 0.3) is 0 Å². The SMILES string of the molecule is C#CCC1=CC(Br)=C2NCC=NC=C2C1=O. The minimum Gasteiger partial charge on any atom is -0.378 e. The first-order valence-electron chi connectivity index (χ1n) is 4.78. The summed E-state index contributed by atoms with van der Waals surface area (Å²) in [5.74, 6) is 2.43. The maximum atomic E-state index is 12.0. The largest absolute Gasteiger partial charge is 0.378 e. The Morgan fingerprint density at radius 1 is 1.62 bits per heavy atom. The minimum atomic E-state index is -0.0531. The van der Waals surface area contributed by atoms with E-state index in [1.54, 1.807) is 18.5 Å². The number of terminal acetylenes is 1. The molecule has 16 heavy (non-hydrogen) atoms. The van der Waals surface area contributed by atoms with E-state index in [9.17, 15) is 4.79 Å². The third-order valence-corrected chi connectivity index (χ3v) is 2.94. The number of hydrogen-bond acceptors (Lipinski definition) is 3. The summed E-state index contributed by atoms with van der Waals surface area (Å²) in [5, 5.41) is 3.12. The summed E-state index contributed by atoms with van der Waals surface area (Å²) in [5.41, 5.74) is 1.96. The first-order valence-corrected chi connectivity index (χ1v) is 5.58. The third-order valence-electron chi connectivity index (χ3n) is 2.32. The average molecular weight is 277 g/mol. The number of carbonyl (C=O) groups excluding carboxylic acids is 1. The van der Waals surface area contributed by atoms with Gasteiger partial charge in [-0.25, -0.2) is 0 Å². The van der Waals surface area contributed by atoms with Crippen molar-refractivity contribution in [1.82, 2.24) is 5.32 Å².